The lowest BCUT2D eigenvalue weighted by atomic mass is 10.3. The predicted molar refractivity (Wildman–Crippen MR) is 105 cm³/mol. The molecule has 140 valence electrons. The number of rotatable bonds is 5. The molecule has 0 spiro atoms. The molecule has 2 heterocycles. The number of sulfonamides is 1. The Bertz CT molecular complexity index is 1100. The molecule has 0 saturated carbocycles. The molecular weight excluding hydrogens is 409 g/mol. The molecule has 9 heteroatoms. The van der Waals surface area contributed by atoms with Crippen molar-refractivity contribution in [3.8, 4) is 11.6 Å². The predicted octanol–water partition coefficient (Wildman–Crippen LogP) is 4.99. The van der Waals surface area contributed by atoms with Crippen LogP contribution in [-0.4, -0.2) is 18.4 Å². The first-order valence-electron chi connectivity index (χ1n) is 7.80. The lowest BCUT2D eigenvalue weighted by molar-refractivity contribution is 0.458. The van der Waals surface area contributed by atoms with Crippen molar-refractivity contribution in [3.05, 3.63) is 70.1 Å². The van der Waals surface area contributed by atoms with Crippen molar-refractivity contribution in [2.75, 3.05) is 4.72 Å². The smallest absolute Gasteiger partial charge is 0.262 e. The summed E-state index contributed by atoms with van der Waals surface area (Å²) < 4.78 is 33.6. The Kier molecular flexibility index (Phi) is 5.55. The quantitative estimate of drug-likeness (QED) is 0.624. The largest absolute Gasteiger partial charge is 0.435 e. The van der Waals surface area contributed by atoms with E-state index in [9.17, 15) is 8.42 Å². The number of hydrogen-bond acceptors (Lipinski definition) is 5. The van der Waals surface area contributed by atoms with Crippen LogP contribution >= 0.6 is 23.2 Å². The second kappa shape index (κ2) is 7.72. The number of pyridine rings is 2. The van der Waals surface area contributed by atoms with Crippen molar-refractivity contribution in [3.63, 3.8) is 0 Å². The van der Waals surface area contributed by atoms with Crippen LogP contribution in [0.4, 0.5) is 5.69 Å². The van der Waals surface area contributed by atoms with Crippen LogP contribution in [-0.2, 0) is 10.0 Å². The van der Waals surface area contributed by atoms with Crippen LogP contribution in [0.3, 0.4) is 0 Å². The first-order chi connectivity index (χ1) is 12.7. The molecule has 0 saturated heterocycles. The van der Waals surface area contributed by atoms with Crippen molar-refractivity contribution in [1.82, 2.24) is 9.97 Å². The molecule has 0 atom stereocenters. The van der Waals surface area contributed by atoms with Crippen LogP contribution in [0.25, 0.3) is 0 Å². The second-order valence-electron chi connectivity index (χ2n) is 5.71. The fraction of sp³-hybridized carbons (Fsp3) is 0.111. The van der Waals surface area contributed by atoms with E-state index in [1.165, 1.54) is 24.4 Å². The Hall–Kier alpha value is -2.35. The normalized spacial score (nSPS) is 11.3. The van der Waals surface area contributed by atoms with E-state index in [0.717, 1.165) is 5.69 Å². The van der Waals surface area contributed by atoms with Crippen LogP contribution < -0.4 is 9.46 Å². The van der Waals surface area contributed by atoms with Gasteiger partial charge in [0, 0.05) is 16.9 Å². The van der Waals surface area contributed by atoms with E-state index in [0.29, 0.717) is 16.5 Å². The molecule has 3 rings (SSSR count). The molecule has 2 aromatic heterocycles. The number of halogens is 2. The maximum Gasteiger partial charge on any atom is 0.262 e. The van der Waals surface area contributed by atoms with Crippen LogP contribution in [0.15, 0.2) is 53.6 Å². The van der Waals surface area contributed by atoms with Crippen molar-refractivity contribution >= 4 is 38.9 Å². The average molecular weight is 424 g/mol. The summed E-state index contributed by atoms with van der Waals surface area (Å²) in [4.78, 5) is 8.42. The van der Waals surface area contributed by atoms with Gasteiger partial charge in [0.15, 0.2) is 5.75 Å². The van der Waals surface area contributed by atoms with Gasteiger partial charge >= 0.3 is 0 Å². The molecule has 0 radical (unpaired) electrons. The van der Waals surface area contributed by atoms with E-state index < -0.39 is 10.0 Å². The third-order valence-corrected chi connectivity index (χ3v) is 5.36. The number of benzene rings is 1. The van der Waals surface area contributed by atoms with Gasteiger partial charge in [-0.05, 0) is 50.2 Å². The highest BCUT2D eigenvalue weighted by atomic mass is 35.5. The highest BCUT2D eigenvalue weighted by Crippen LogP contribution is 2.32. The van der Waals surface area contributed by atoms with Gasteiger partial charge < -0.3 is 4.74 Å². The van der Waals surface area contributed by atoms with Gasteiger partial charge in [0.25, 0.3) is 10.0 Å². The molecule has 1 aromatic carbocycles. The molecule has 0 aliphatic rings. The summed E-state index contributed by atoms with van der Waals surface area (Å²) in [5, 5.41) is 0.560. The number of ether oxygens (including phenoxy) is 1. The third-order valence-electron chi connectivity index (χ3n) is 3.55. The summed E-state index contributed by atoms with van der Waals surface area (Å²) in [5.74, 6) is 0.511. The van der Waals surface area contributed by atoms with Crippen LogP contribution in [0.5, 0.6) is 11.6 Å². The minimum atomic E-state index is -3.91. The fourth-order valence-electron chi connectivity index (χ4n) is 2.30. The lowest BCUT2D eigenvalue weighted by Crippen LogP contribution is -2.14. The summed E-state index contributed by atoms with van der Waals surface area (Å²) in [5.41, 5.74) is 1.59. The number of anilines is 1. The maximum absolute atomic E-state index is 12.7. The molecule has 0 amide bonds. The van der Waals surface area contributed by atoms with Crippen molar-refractivity contribution in [2.45, 2.75) is 18.7 Å². The van der Waals surface area contributed by atoms with Crippen molar-refractivity contribution in [1.29, 1.82) is 0 Å². The minimum absolute atomic E-state index is 0.00843. The summed E-state index contributed by atoms with van der Waals surface area (Å²) in [6.07, 6.45) is 1.37. The number of nitrogens with one attached hydrogen (secondary N) is 1. The Morgan fingerprint density at radius 2 is 1.81 bits per heavy atom. The zero-order valence-electron chi connectivity index (χ0n) is 14.4. The number of hydrogen-bond donors (Lipinski definition) is 1. The van der Waals surface area contributed by atoms with Gasteiger partial charge in [-0.15, -0.1) is 0 Å². The molecule has 6 nitrogen and oxygen atoms in total. The Morgan fingerprint density at radius 1 is 1.04 bits per heavy atom. The van der Waals surface area contributed by atoms with Gasteiger partial charge in [-0.25, -0.2) is 13.4 Å². The third kappa shape index (κ3) is 4.68. The van der Waals surface area contributed by atoms with Crippen LogP contribution in [0.2, 0.25) is 10.0 Å². The summed E-state index contributed by atoms with van der Waals surface area (Å²) >= 11 is 11.9. The van der Waals surface area contributed by atoms with Gasteiger partial charge in [-0.1, -0.05) is 29.3 Å². The zero-order valence-corrected chi connectivity index (χ0v) is 16.7. The SMILES string of the molecule is Cc1ccc(Oc2ncc(Cl)cc2NS(=O)(=O)c2cccc(Cl)c2)c(C)n1. The first kappa shape index (κ1) is 19.4. The first-order valence-corrected chi connectivity index (χ1v) is 10.0. The zero-order chi connectivity index (χ0) is 19.6. The van der Waals surface area contributed by atoms with Gasteiger partial charge in [-0.2, -0.15) is 0 Å². The topological polar surface area (TPSA) is 81.2 Å². The minimum Gasteiger partial charge on any atom is -0.435 e. The van der Waals surface area contributed by atoms with Crippen molar-refractivity contribution in [2.24, 2.45) is 0 Å². The Labute approximate surface area is 167 Å². The fourth-order valence-corrected chi connectivity index (χ4v) is 3.81. The van der Waals surface area contributed by atoms with E-state index in [2.05, 4.69) is 14.7 Å². The van der Waals surface area contributed by atoms with Gasteiger partial charge in [0.1, 0.15) is 5.69 Å². The molecule has 27 heavy (non-hydrogen) atoms. The summed E-state index contributed by atoms with van der Waals surface area (Å²) in [6, 6.07) is 10.9. The standard InChI is InChI=1S/C18H15Cl2N3O3S/c1-11-6-7-17(12(2)22-11)26-18-16(9-14(20)10-21-18)23-27(24,25)15-5-3-4-13(19)8-15/h3-10,23H,1-2H3. The van der Waals surface area contributed by atoms with Crippen molar-refractivity contribution < 1.29 is 13.2 Å². The second-order valence-corrected chi connectivity index (χ2v) is 8.26. The highest BCUT2D eigenvalue weighted by Gasteiger charge is 2.19. The number of aryl methyl sites for hydroxylation is 2. The molecule has 0 fully saturated rings. The van der Waals surface area contributed by atoms with E-state index in [1.807, 2.05) is 6.92 Å². The van der Waals surface area contributed by atoms with Gasteiger partial charge in [0.05, 0.1) is 15.6 Å². The molecule has 0 unspecified atom stereocenters. The highest BCUT2D eigenvalue weighted by molar-refractivity contribution is 7.92. The van der Waals surface area contributed by atoms with E-state index in [1.54, 1.807) is 31.2 Å². The van der Waals surface area contributed by atoms with Gasteiger partial charge in [0.2, 0.25) is 5.88 Å². The molecule has 0 aliphatic heterocycles. The van der Waals surface area contributed by atoms with E-state index in [-0.39, 0.29) is 21.5 Å². The molecular formula is C18H15Cl2N3O3S. The maximum atomic E-state index is 12.7. The Balaban J connectivity index is 1.97. The average Bonchev–Trinajstić information content (AvgIpc) is 2.59. The van der Waals surface area contributed by atoms with Gasteiger partial charge in [-0.3, -0.25) is 9.71 Å². The molecule has 0 bridgehead atoms. The lowest BCUT2D eigenvalue weighted by Gasteiger charge is -2.14. The summed E-state index contributed by atoms with van der Waals surface area (Å²) in [6.45, 7) is 3.65. The number of aromatic nitrogens is 2. The molecule has 0 aliphatic carbocycles. The Morgan fingerprint density at radius 3 is 2.52 bits per heavy atom. The van der Waals surface area contributed by atoms with E-state index >= 15 is 0 Å². The summed E-state index contributed by atoms with van der Waals surface area (Å²) in [7, 11) is -3.91. The molecule has 3 aromatic rings. The van der Waals surface area contributed by atoms with Crippen LogP contribution in [0, 0.1) is 13.8 Å². The monoisotopic (exact) mass is 423 g/mol. The van der Waals surface area contributed by atoms with E-state index in [4.69, 9.17) is 27.9 Å². The van der Waals surface area contributed by atoms with Crippen LogP contribution in [0.1, 0.15) is 11.4 Å². The number of nitrogens with zero attached hydrogens (tertiary/aromatic N) is 2. The molecule has 1 N–H and O–H groups in total.